The van der Waals surface area contributed by atoms with Gasteiger partial charge in [0.1, 0.15) is 11.6 Å². The van der Waals surface area contributed by atoms with Gasteiger partial charge in [0.25, 0.3) is 0 Å². The highest BCUT2D eigenvalue weighted by molar-refractivity contribution is 7.89. The Morgan fingerprint density at radius 2 is 1.83 bits per heavy atom. The van der Waals surface area contributed by atoms with Crippen LogP contribution >= 0.6 is 0 Å². The molecule has 146 valence electrons. The van der Waals surface area contributed by atoms with E-state index >= 15 is 0 Å². The van der Waals surface area contributed by atoms with E-state index in [2.05, 4.69) is 9.97 Å². The van der Waals surface area contributed by atoms with Crippen LogP contribution in [-0.4, -0.2) is 18.4 Å². The number of fused-ring (bicyclic) bond motifs is 1. The minimum atomic E-state index is -3.84. The second-order valence-corrected chi connectivity index (χ2v) is 8.32. The number of hydrogen-bond donors (Lipinski definition) is 2. The normalized spacial score (nSPS) is 12.1. The van der Waals surface area contributed by atoms with Gasteiger partial charge >= 0.3 is 0 Å². The number of halogens is 1. The summed E-state index contributed by atoms with van der Waals surface area (Å²) in [5.41, 5.74) is 4.30. The van der Waals surface area contributed by atoms with Gasteiger partial charge in [0.15, 0.2) is 0 Å². The lowest BCUT2D eigenvalue weighted by Crippen LogP contribution is -2.13. The van der Waals surface area contributed by atoms with Crippen molar-refractivity contribution in [2.45, 2.75) is 11.8 Å². The summed E-state index contributed by atoms with van der Waals surface area (Å²) in [6.45, 7) is 1.84. The van der Waals surface area contributed by atoms with Gasteiger partial charge in [-0.05, 0) is 60.0 Å². The lowest BCUT2D eigenvalue weighted by molar-refractivity contribution is 0.598. The Kier molecular flexibility index (Phi) is 4.77. The first kappa shape index (κ1) is 19.0. The van der Waals surface area contributed by atoms with Gasteiger partial charge in [-0.15, -0.1) is 0 Å². The van der Waals surface area contributed by atoms with Crippen LogP contribution in [-0.2, 0) is 10.0 Å². The molecule has 3 N–H and O–H groups in total. The number of sulfonamides is 1. The lowest BCUT2D eigenvalue weighted by Gasteiger charge is -2.07. The molecule has 0 aliphatic heterocycles. The highest BCUT2D eigenvalue weighted by atomic mass is 32.2. The number of aromatic amines is 1. The van der Waals surface area contributed by atoms with Crippen molar-refractivity contribution < 1.29 is 12.8 Å². The number of aromatic nitrogens is 2. The number of nitrogens with zero attached hydrogens (tertiary/aromatic N) is 1. The number of H-pyrrole nitrogens is 1. The highest BCUT2D eigenvalue weighted by Crippen LogP contribution is 2.29. The van der Waals surface area contributed by atoms with Crippen molar-refractivity contribution in [3.8, 4) is 11.1 Å². The fourth-order valence-corrected chi connectivity index (χ4v) is 4.03. The van der Waals surface area contributed by atoms with Crippen molar-refractivity contribution in [2.75, 3.05) is 0 Å². The first-order valence-corrected chi connectivity index (χ1v) is 10.4. The van der Waals surface area contributed by atoms with Crippen molar-refractivity contribution in [3.63, 3.8) is 0 Å². The molecule has 0 radical (unpaired) electrons. The SMILES string of the molecule is Cc1cc(F)cc(/C=C/c2nc3ccc(-c4ccccc4S(N)(=O)=O)cc3[nH]2)c1. The van der Waals surface area contributed by atoms with Gasteiger partial charge in [-0.1, -0.05) is 36.4 Å². The highest BCUT2D eigenvalue weighted by Gasteiger charge is 2.15. The molecule has 0 fully saturated rings. The molecule has 1 heterocycles. The van der Waals surface area contributed by atoms with E-state index in [1.165, 1.54) is 18.2 Å². The predicted molar refractivity (Wildman–Crippen MR) is 113 cm³/mol. The smallest absolute Gasteiger partial charge is 0.238 e. The van der Waals surface area contributed by atoms with Gasteiger partial charge < -0.3 is 4.98 Å². The summed E-state index contributed by atoms with van der Waals surface area (Å²) in [4.78, 5) is 7.76. The molecule has 7 heteroatoms. The first-order valence-electron chi connectivity index (χ1n) is 8.87. The standard InChI is InChI=1S/C22H18FN3O2S/c1-14-10-15(12-17(23)11-14)6-9-22-25-19-8-7-16(13-20(19)26-22)18-4-2-3-5-21(18)29(24,27)28/h2-13H,1H3,(H,25,26)(H2,24,27,28)/b9-6+. The number of aryl methyl sites for hydroxylation is 1. The van der Waals surface area contributed by atoms with Gasteiger partial charge in [0.05, 0.1) is 15.9 Å². The zero-order valence-corrected chi connectivity index (χ0v) is 16.4. The maximum absolute atomic E-state index is 13.5. The zero-order valence-electron chi connectivity index (χ0n) is 15.6. The summed E-state index contributed by atoms with van der Waals surface area (Å²) >= 11 is 0. The van der Waals surface area contributed by atoms with E-state index in [0.717, 1.165) is 22.2 Å². The third-order valence-corrected chi connectivity index (χ3v) is 5.47. The fourth-order valence-electron chi connectivity index (χ4n) is 3.27. The van der Waals surface area contributed by atoms with Gasteiger partial charge in [-0.25, -0.2) is 22.9 Å². The zero-order chi connectivity index (χ0) is 20.6. The number of nitrogens with two attached hydrogens (primary N) is 1. The van der Waals surface area contributed by atoms with E-state index in [0.29, 0.717) is 17.0 Å². The topological polar surface area (TPSA) is 88.8 Å². The monoisotopic (exact) mass is 407 g/mol. The van der Waals surface area contributed by atoms with Crippen LogP contribution in [0.1, 0.15) is 17.0 Å². The van der Waals surface area contributed by atoms with E-state index < -0.39 is 10.0 Å². The second kappa shape index (κ2) is 7.27. The number of primary sulfonamides is 1. The van der Waals surface area contributed by atoms with Gasteiger partial charge in [-0.3, -0.25) is 0 Å². The Balaban J connectivity index is 1.71. The molecule has 1 aromatic heterocycles. The number of imidazole rings is 1. The first-order chi connectivity index (χ1) is 13.8. The predicted octanol–water partition coefficient (Wildman–Crippen LogP) is 4.50. The number of benzene rings is 3. The van der Waals surface area contributed by atoms with Crippen molar-refractivity contribution >= 4 is 33.2 Å². The van der Waals surface area contributed by atoms with Crippen LogP contribution in [0.4, 0.5) is 4.39 Å². The van der Waals surface area contributed by atoms with Crippen LogP contribution in [0, 0.1) is 12.7 Å². The summed E-state index contributed by atoms with van der Waals surface area (Å²) in [6, 6.07) is 16.8. The molecule has 0 atom stereocenters. The molecule has 0 aliphatic carbocycles. The van der Waals surface area contributed by atoms with Crippen LogP contribution in [0.25, 0.3) is 34.3 Å². The summed E-state index contributed by atoms with van der Waals surface area (Å²) < 4.78 is 37.3. The van der Waals surface area contributed by atoms with Crippen LogP contribution in [0.3, 0.4) is 0 Å². The molecule has 0 bridgehead atoms. The Morgan fingerprint density at radius 1 is 1.03 bits per heavy atom. The van der Waals surface area contributed by atoms with Crippen molar-refractivity contribution in [1.29, 1.82) is 0 Å². The Labute approximate surface area is 167 Å². The quantitative estimate of drug-likeness (QED) is 0.522. The summed E-state index contributed by atoms with van der Waals surface area (Å²) in [7, 11) is -3.84. The van der Waals surface area contributed by atoms with Gasteiger partial charge in [0.2, 0.25) is 10.0 Å². The molecule has 5 nitrogen and oxygen atoms in total. The third kappa shape index (κ3) is 4.11. The summed E-state index contributed by atoms with van der Waals surface area (Å²) in [5, 5.41) is 5.34. The van der Waals surface area contributed by atoms with Crippen LogP contribution in [0.15, 0.2) is 65.6 Å². The lowest BCUT2D eigenvalue weighted by atomic mass is 10.1. The minimum absolute atomic E-state index is 0.0699. The number of rotatable bonds is 4. The average Bonchev–Trinajstić information content (AvgIpc) is 3.07. The molecule has 0 amide bonds. The van der Waals surface area contributed by atoms with E-state index in [-0.39, 0.29) is 10.7 Å². The Hall–Kier alpha value is -3.29. The molecule has 0 aliphatic rings. The molecule has 29 heavy (non-hydrogen) atoms. The number of nitrogens with one attached hydrogen (secondary N) is 1. The largest absolute Gasteiger partial charge is 0.338 e. The molecule has 4 rings (SSSR count). The summed E-state index contributed by atoms with van der Waals surface area (Å²) in [5.74, 6) is 0.325. The average molecular weight is 407 g/mol. The maximum Gasteiger partial charge on any atom is 0.238 e. The molecular weight excluding hydrogens is 389 g/mol. The van der Waals surface area contributed by atoms with Crippen LogP contribution < -0.4 is 5.14 Å². The number of hydrogen-bond acceptors (Lipinski definition) is 3. The molecular formula is C22H18FN3O2S. The van der Waals surface area contributed by atoms with Crippen molar-refractivity contribution in [2.24, 2.45) is 5.14 Å². The minimum Gasteiger partial charge on any atom is -0.338 e. The Bertz CT molecular complexity index is 1340. The molecule has 0 saturated heterocycles. The Morgan fingerprint density at radius 3 is 2.59 bits per heavy atom. The van der Waals surface area contributed by atoms with Crippen LogP contribution in [0.2, 0.25) is 0 Å². The van der Waals surface area contributed by atoms with E-state index in [9.17, 15) is 12.8 Å². The maximum atomic E-state index is 13.5. The third-order valence-electron chi connectivity index (χ3n) is 4.50. The molecule has 0 unspecified atom stereocenters. The van der Waals surface area contributed by atoms with Crippen molar-refractivity contribution in [1.82, 2.24) is 9.97 Å². The van der Waals surface area contributed by atoms with E-state index in [4.69, 9.17) is 5.14 Å². The molecule has 4 aromatic rings. The fraction of sp³-hybridized carbons (Fsp3) is 0.0455. The molecule has 3 aromatic carbocycles. The van der Waals surface area contributed by atoms with Crippen LogP contribution in [0.5, 0.6) is 0 Å². The molecule has 0 spiro atoms. The van der Waals surface area contributed by atoms with Gasteiger partial charge in [0, 0.05) is 5.56 Å². The van der Waals surface area contributed by atoms with Gasteiger partial charge in [-0.2, -0.15) is 0 Å². The van der Waals surface area contributed by atoms with Crippen molar-refractivity contribution in [3.05, 3.63) is 83.4 Å². The summed E-state index contributed by atoms with van der Waals surface area (Å²) in [6.07, 6.45) is 3.55. The van der Waals surface area contributed by atoms with E-state index in [1.54, 1.807) is 36.4 Å². The second-order valence-electron chi connectivity index (χ2n) is 6.79. The molecule has 0 saturated carbocycles. The van der Waals surface area contributed by atoms with E-state index in [1.807, 2.05) is 25.1 Å².